The van der Waals surface area contributed by atoms with Crippen LogP contribution >= 0.6 is 0 Å². The SMILES string of the molecule is CCCC(CC#Cc1ccc(C(=O)N2CCNCC2)cc1)C(N)=O. The molecule has 5 nitrogen and oxygen atoms in total. The lowest BCUT2D eigenvalue weighted by molar-refractivity contribution is -0.121. The molecule has 0 radical (unpaired) electrons. The van der Waals surface area contributed by atoms with E-state index in [0.29, 0.717) is 12.0 Å². The van der Waals surface area contributed by atoms with Crippen LogP contribution in [0.25, 0.3) is 0 Å². The molecule has 3 N–H and O–H groups in total. The first-order valence-electron chi connectivity index (χ1n) is 8.50. The van der Waals surface area contributed by atoms with Gasteiger partial charge in [-0.05, 0) is 30.7 Å². The number of nitrogens with one attached hydrogen (secondary N) is 1. The molecular formula is C19H25N3O2. The van der Waals surface area contributed by atoms with Crippen LogP contribution in [0.2, 0.25) is 0 Å². The number of piperazine rings is 1. The molecule has 1 aromatic carbocycles. The lowest BCUT2D eigenvalue weighted by Gasteiger charge is -2.27. The molecule has 0 aliphatic carbocycles. The first kappa shape index (κ1) is 18.0. The molecule has 24 heavy (non-hydrogen) atoms. The summed E-state index contributed by atoms with van der Waals surface area (Å²) in [5.41, 5.74) is 6.90. The van der Waals surface area contributed by atoms with E-state index in [9.17, 15) is 9.59 Å². The van der Waals surface area contributed by atoms with Crippen LogP contribution in [0.15, 0.2) is 24.3 Å². The maximum Gasteiger partial charge on any atom is 0.253 e. The molecule has 0 aromatic heterocycles. The topological polar surface area (TPSA) is 75.4 Å². The predicted octanol–water partition coefficient (Wildman–Crippen LogP) is 1.38. The zero-order valence-electron chi connectivity index (χ0n) is 14.2. The summed E-state index contributed by atoms with van der Waals surface area (Å²) >= 11 is 0. The Morgan fingerprint density at radius 1 is 1.25 bits per heavy atom. The summed E-state index contributed by atoms with van der Waals surface area (Å²) in [6.45, 7) is 5.19. The van der Waals surface area contributed by atoms with Gasteiger partial charge in [0.05, 0.1) is 0 Å². The van der Waals surface area contributed by atoms with Gasteiger partial charge < -0.3 is 16.0 Å². The van der Waals surface area contributed by atoms with Gasteiger partial charge in [0.1, 0.15) is 0 Å². The maximum absolute atomic E-state index is 12.4. The number of amides is 2. The van der Waals surface area contributed by atoms with E-state index in [0.717, 1.165) is 44.6 Å². The number of primary amides is 1. The summed E-state index contributed by atoms with van der Waals surface area (Å²) in [6.07, 6.45) is 2.16. The smallest absolute Gasteiger partial charge is 0.253 e. The molecule has 5 heteroatoms. The van der Waals surface area contributed by atoms with Crippen LogP contribution in [-0.2, 0) is 4.79 Å². The fraction of sp³-hybridized carbons (Fsp3) is 0.474. The van der Waals surface area contributed by atoms with Crippen LogP contribution in [0, 0.1) is 17.8 Å². The van der Waals surface area contributed by atoms with Crippen LogP contribution in [0.5, 0.6) is 0 Å². The van der Waals surface area contributed by atoms with Gasteiger partial charge in [0.25, 0.3) is 5.91 Å². The number of benzene rings is 1. The molecule has 2 amide bonds. The third kappa shape index (κ3) is 5.10. The molecule has 1 unspecified atom stereocenters. The Hall–Kier alpha value is -2.32. The van der Waals surface area contributed by atoms with Crippen molar-refractivity contribution < 1.29 is 9.59 Å². The Morgan fingerprint density at radius 2 is 1.92 bits per heavy atom. The van der Waals surface area contributed by atoms with E-state index in [1.54, 1.807) is 0 Å². The van der Waals surface area contributed by atoms with Crippen LogP contribution in [0.3, 0.4) is 0 Å². The van der Waals surface area contributed by atoms with Gasteiger partial charge in [0, 0.05) is 49.6 Å². The predicted molar refractivity (Wildman–Crippen MR) is 94.3 cm³/mol. The average Bonchev–Trinajstić information content (AvgIpc) is 2.61. The van der Waals surface area contributed by atoms with Gasteiger partial charge in [0.15, 0.2) is 0 Å². The first-order chi connectivity index (χ1) is 11.6. The largest absolute Gasteiger partial charge is 0.369 e. The van der Waals surface area contributed by atoms with Crippen molar-refractivity contribution in [2.24, 2.45) is 11.7 Å². The molecule has 1 aliphatic heterocycles. The summed E-state index contributed by atoms with van der Waals surface area (Å²) in [4.78, 5) is 25.5. The van der Waals surface area contributed by atoms with Gasteiger partial charge >= 0.3 is 0 Å². The lowest BCUT2D eigenvalue weighted by atomic mass is 9.99. The van der Waals surface area contributed by atoms with E-state index in [1.165, 1.54) is 0 Å². The van der Waals surface area contributed by atoms with Gasteiger partial charge in [-0.3, -0.25) is 9.59 Å². The van der Waals surface area contributed by atoms with Crippen molar-refractivity contribution in [3.8, 4) is 11.8 Å². The van der Waals surface area contributed by atoms with Crippen LogP contribution in [0.1, 0.15) is 42.1 Å². The fourth-order valence-corrected chi connectivity index (χ4v) is 2.72. The van der Waals surface area contributed by atoms with Crippen molar-refractivity contribution >= 4 is 11.8 Å². The Bertz CT molecular complexity index is 622. The molecule has 0 saturated carbocycles. The fourth-order valence-electron chi connectivity index (χ4n) is 2.72. The van der Waals surface area contributed by atoms with Gasteiger partial charge in [-0.1, -0.05) is 25.2 Å². The van der Waals surface area contributed by atoms with Crippen LogP contribution in [-0.4, -0.2) is 42.9 Å². The lowest BCUT2D eigenvalue weighted by Crippen LogP contribution is -2.46. The zero-order chi connectivity index (χ0) is 17.4. The second-order valence-corrected chi connectivity index (χ2v) is 6.01. The average molecular weight is 327 g/mol. The number of carbonyl (C=O) groups excluding carboxylic acids is 2. The maximum atomic E-state index is 12.4. The normalized spacial score (nSPS) is 15.3. The number of hydrogen-bond donors (Lipinski definition) is 2. The third-order valence-electron chi connectivity index (χ3n) is 4.16. The second kappa shape index (κ2) is 9.09. The monoisotopic (exact) mass is 327 g/mol. The van der Waals surface area contributed by atoms with E-state index in [4.69, 9.17) is 5.73 Å². The zero-order valence-corrected chi connectivity index (χ0v) is 14.2. The number of nitrogens with two attached hydrogens (primary N) is 1. The number of rotatable bonds is 5. The minimum atomic E-state index is -0.289. The number of carbonyl (C=O) groups is 2. The van der Waals surface area contributed by atoms with E-state index in [2.05, 4.69) is 17.2 Å². The van der Waals surface area contributed by atoms with Crippen molar-refractivity contribution in [2.45, 2.75) is 26.2 Å². The van der Waals surface area contributed by atoms with Crippen molar-refractivity contribution in [2.75, 3.05) is 26.2 Å². The summed E-state index contributed by atoms with van der Waals surface area (Å²) in [5, 5.41) is 3.23. The Balaban J connectivity index is 1.95. The van der Waals surface area contributed by atoms with Gasteiger partial charge in [-0.2, -0.15) is 0 Å². The molecule has 128 valence electrons. The molecular weight excluding hydrogens is 302 g/mol. The highest BCUT2D eigenvalue weighted by Gasteiger charge is 2.17. The van der Waals surface area contributed by atoms with E-state index >= 15 is 0 Å². The molecule has 0 bridgehead atoms. The Labute approximate surface area is 143 Å². The van der Waals surface area contributed by atoms with E-state index in [-0.39, 0.29) is 17.7 Å². The molecule has 0 spiro atoms. The van der Waals surface area contributed by atoms with Crippen molar-refractivity contribution in [3.63, 3.8) is 0 Å². The van der Waals surface area contributed by atoms with Crippen molar-refractivity contribution in [3.05, 3.63) is 35.4 Å². The quantitative estimate of drug-likeness (QED) is 0.802. The van der Waals surface area contributed by atoms with Gasteiger partial charge in [-0.15, -0.1) is 0 Å². The molecule has 1 atom stereocenters. The molecule has 1 heterocycles. The summed E-state index contributed by atoms with van der Waals surface area (Å²) < 4.78 is 0. The highest BCUT2D eigenvalue weighted by atomic mass is 16.2. The van der Waals surface area contributed by atoms with Crippen LogP contribution < -0.4 is 11.1 Å². The van der Waals surface area contributed by atoms with Crippen molar-refractivity contribution in [1.82, 2.24) is 10.2 Å². The summed E-state index contributed by atoms with van der Waals surface area (Å²) in [5.74, 6) is 5.66. The number of nitrogens with zero attached hydrogens (tertiary/aromatic N) is 1. The Morgan fingerprint density at radius 3 is 2.50 bits per heavy atom. The molecule has 1 saturated heterocycles. The van der Waals surface area contributed by atoms with Gasteiger partial charge in [-0.25, -0.2) is 0 Å². The minimum absolute atomic E-state index is 0.0627. The molecule has 1 aromatic rings. The van der Waals surface area contributed by atoms with E-state index in [1.807, 2.05) is 36.1 Å². The van der Waals surface area contributed by atoms with Crippen molar-refractivity contribution in [1.29, 1.82) is 0 Å². The summed E-state index contributed by atoms with van der Waals surface area (Å²) in [6, 6.07) is 7.32. The molecule has 1 fully saturated rings. The Kier molecular flexibility index (Phi) is 6.83. The highest BCUT2D eigenvalue weighted by Crippen LogP contribution is 2.11. The highest BCUT2D eigenvalue weighted by molar-refractivity contribution is 5.94. The standard InChI is InChI=1S/C19H25N3O2/c1-2-4-16(18(20)23)6-3-5-15-7-9-17(10-8-15)19(24)22-13-11-21-12-14-22/h7-10,16,21H,2,4,6,11-14H2,1H3,(H2,20,23). The second-order valence-electron chi connectivity index (χ2n) is 6.01. The molecule has 2 rings (SSSR count). The first-order valence-corrected chi connectivity index (χ1v) is 8.50. The summed E-state index contributed by atoms with van der Waals surface area (Å²) in [7, 11) is 0. The minimum Gasteiger partial charge on any atom is -0.369 e. The van der Waals surface area contributed by atoms with Gasteiger partial charge in [0.2, 0.25) is 5.91 Å². The third-order valence-corrected chi connectivity index (χ3v) is 4.16. The van der Waals surface area contributed by atoms with Crippen LogP contribution in [0.4, 0.5) is 0 Å². The molecule has 1 aliphatic rings. The van der Waals surface area contributed by atoms with E-state index < -0.39 is 0 Å². The number of hydrogen-bond acceptors (Lipinski definition) is 3.